The van der Waals surface area contributed by atoms with Crippen LogP contribution in [0.4, 0.5) is 4.39 Å². The molecule has 128 valence electrons. The lowest BCUT2D eigenvalue weighted by atomic mass is 10.2. The molecular weight excluding hydrogens is 353 g/mol. The molecule has 1 aromatic carbocycles. The van der Waals surface area contributed by atoms with Crippen LogP contribution in [0, 0.1) is 5.82 Å². The summed E-state index contributed by atoms with van der Waals surface area (Å²) >= 11 is 0. The van der Waals surface area contributed by atoms with Crippen LogP contribution in [0.5, 0.6) is 0 Å². The number of hydrogen-bond acceptors (Lipinski definition) is 7. The van der Waals surface area contributed by atoms with Gasteiger partial charge >= 0.3 is 0 Å². The van der Waals surface area contributed by atoms with Gasteiger partial charge in [-0.25, -0.2) is 17.8 Å². The maximum absolute atomic E-state index is 12.9. The molecule has 0 radical (unpaired) electrons. The second-order valence-corrected chi connectivity index (χ2v) is 6.72. The summed E-state index contributed by atoms with van der Waals surface area (Å²) in [6.45, 7) is 0. The molecule has 0 saturated carbocycles. The van der Waals surface area contributed by atoms with Gasteiger partial charge in [-0.2, -0.15) is 10.2 Å². The summed E-state index contributed by atoms with van der Waals surface area (Å²) in [5, 5.41) is 21.4. The minimum absolute atomic E-state index is 0.0961. The predicted molar refractivity (Wildman–Crippen MR) is 81.8 cm³/mol. The van der Waals surface area contributed by atoms with Gasteiger partial charge in [0, 0.05) is 12.1 Å². The van der Waals surface area contributed by atoms with E-state index in [-0.39, 0.29) is 21.4 Å². The summed E-state index contributed by atoms with van der Waals surface area (Å²) in [6, 6.07) is 5.29. The van der Waals surface area contributed by atoms with E-state index in [0.717, 1.165) is 42.7 Å². The SMILES string of the molecule is O=C(C=C(O)c1cc(S(=O)(=O)c2ccc(F)cc2)[nH]n1)c1ncn[nH]1. The summed E-state index contributed by atoms with van der Waals surface area (Å²) in [7, 11) is -3.98. The summed E-state index contributed by atoms with van der Waals surface area (Å²) in [6.07, 6.45) is 1.95. The molecule has 0 saturated heterocycles. The van der Waals surface area contributed by atoms with E-state index in [1.807, 2.05) is 0 Å². The molecule has 0 amide bonds. The van der Waals surface area contributed by atoms with Crippen LogP contribution in [0.1, 0.15) is 16.3 Å². The van der Waals surface area contributed by atoms with Crippen LogP contribution in [0.25, 0.3) is 5.76 Å². The van der Waals surface area contributed by atoms with Gasteiger partial charge in [0.05, 0.1) is 4.90 Å². The predicted octanol–water partition coefficient (Wildman–Crippen LogP) is 1.28. The minimum Gasteiger partial charge on any atom is -0.505 e. The van der Waals surface area contributed by atoms with Gasteiger partial charge in [0.1, 0.15) is 23.6 Å². The molecule has 0 atom stereocenters. The number of ketones is 1. The molecule has 0 bridgehead atoms. The Balaban J connectivity index is 1.89. The number of allylic oxidation sites excluding steroid dienone is 1. The van der Waals surface area contributed by atoms with Gasteiger partial charge in [-0.15, -0.1) is 0 Å². The van der Waals surface area contributed by atoms with Gasteiger partial charge in [-0.1, -0.05) is 0 Å². The van der Waals surface area contributed by atoms with E-state index >= 15 is 0 Å². The number of sulfone groups is 1. The quantitative estimate of drug-likeness (QED) is 0.268. The molecule has 0 spiro atoms. The first-order valence-corrected chi connectivity index (χ1v) is 8.23. The highest BCUT2D eigenvalue weighted by molar-refractivity contribution is 7.91. The number of aliphatic hydroxyl groups is 1. The highest BCUT2D eigenvalue weighted by Gasteiger charge is 2.22. The number of H-pyrrole nitrogens is 2. The molecule has 9 nitrogen and oxygen atoms in total. The maximum Gasteiger partial charge on any atom is 0.226 e. The monoisotopic (exact) mass is 363 g/mol. The Hall–Kier alpha value is -3.34. The first kappa shape index (κ1) is 16.5. The second kappa shape index (κ2) is 6.28. The molecule has 0 aliphatic carbocycles. The fraction of sp³-hybridized carbons (Fsp3) is 0. The largest absolute Gasteiger partial charge is 0.505 e. The molecule has 0 unspecified atom stereocenters. The second-order valence-electron chi connectivity index (χ2n) is 4.80. The third-order valence-corrected chi connectivity index (χ3v) is 4.83. The number of carbonyl (C=O) groups excluding carboxylic acids is 1. The smallest absolute Gasteiger partial charge is 0.226 e. The van der Waals surface area contributed by atoms with Gasteiger partial charge in [-0.05, 0) is 24.3 Å². The zero-order valence-electron chi connectivity index (χ0n) is 12.3. The van der Waals surface area contributed by atoms with E-state index < -0.39 is 27.2 Å². The van der Waals surface area contributed by atoms with Crippen molar-refractivity contribution >= 4 is 21.4 Å². The normalized spacial score (nSPS) is 12.3. The van der Waals surface area contributed by atoms with Gasteiger partial charge < -0.3 is 5.11 Å². The Kier molecular flexibility index (Phi) is 4.15. The van der Waals surface area contributed by atoms with E-state index in [2.05, 4.69) is 25.4 Å². The number of aromatic nitrogens is 5. The summed E-state index contributed by atoms with van der Waals surface area (Å²) < 4.78 is 37.7. The lowest BCUT2D eigenvalue weighted by molar-refractivity contribution is 0.103. The van der Waals surface area contributed by atoms with Gasteiger partial charge in [0.15, 0.2) is 10.9 Å². The standard InChI is InChI=1S/C14H10FN5O4S/c15-8-1-3-9(4-2-8)25(23,24)13-5-10(18-19-13)11(21)6-12(22)14-16-7-17-20-14/h1-7,21H,(H,18,19)(H,16,17,20). The highest BCUT2D eigenvalue weighted by Crippen LogP contribution is 2.21. The maximum atomic E-state index is 12.9. The molecule has 3 rings (SSSR count). The number of aliphatic hydroxyl groups excluding tert-OH is 1. The Morgan fingerprint density at radius 2 is 1.92 bits per heavy atom. The molecule has 0 aliphatic heterocycles. The average Bonchev–Trinajstić information content (AvgIpc) is 3.27. The Morgan fingerprint density at radius 1 is 1.20 bits per heavy atom. The molecule has 0 aliphatic rings. The van der Waals surface area contributed by atoms with Crippen LogP contribution in [0.3, 0.4) is 0 Å². The van der Waals surface area contributed by atoms with E-state index in [1.165, 1.54) is 0 Å². The van der Waals surface area contributed by atoms with Gasteiger partial charge in [0.25, 0.3) is 0 Å². The zero-order chi connectivity index (χ0) is 18.0. The van der Waals surface area contributed by atoms with Crippen molar-refractivity contribution in [1.82, 2.24) is 25.4 Å². The fourth-order valence-corrected chi connectivity index (χ4v) is 3.09. The van der Waals surface area contributed by atoms with E-state index in [4.69, 9.17) is 0 Å². The van der Waals surface area contributed by atoms with Crippen LogP contribution >= 0.6 is 0 Å². The summed E-state index contributed by atoms with van der Waals surface area (Å²) in [4.78, 5) is 15.3. The van der Waals surface area contributed by atoms with E-state index in [1.54, 1.807) is 0 Å². The molecule has 3 aromatic rings. The van der Waals surface area contributed by atoms with E-state index in [0.29, 0.717) is 0 Å². The van der Waals surface area contributed by atoms with Crippen molar-refractivity contribution < 1.29 is 22.7 Å². The van der Waals surface area contributed by atoms with Crippen molar-refractivity contribution in [3.8, 4) is 0 Å². The summed E-state index contributed by atoms with van der Waals surface area (Å²) in [5.41, 5.74) is -0.159. The number of aromatic amines is 2. The van der Waals surface area contributed by atoms with Gasteiger partial charge in [-0.3, -0.25) is 15.0 Å². The van der Waals surface area contributed by atoms with E-state index in [9.17, 15) is 22.7 Å². The van der Waals surface area contributed by atoms with Crippen LogP contribution in [-0.4, -0.2) is 44.7 Å². The molecule has 2 aromatic heterocycles. The molecule has 25 heavy (non-hydrogen) atoms. The van der Waals surface area contributed by atoms with Crippen LogP contribution in [-0.2, 0) is 9.84 Å². The third kappa shape index (κ3) is 3.30. The van der Waals surface area contributed by atoms with Crippen molar-refractivity contribution in [3.05, 3.63) is 60.1 Å². The van der Waals surface area contributed by atoms with Crippen LogP contribution in [0.15, 0.2) is 52.7 Å². The van der Waals surface area contributed by atoms with Gasteiger partial charge in [0.2, 0.25) is 15.6 Å². The number of carbonyl (C=O) groups is 1. The van der Waals surface area contributed by atoms with Crippen molar-refractivity contribution in [3.63, 3.8) is 0 Å². The lowest BCUT2D eigenvalue weighted by Crippen LogP contribution is -2.02. The number of nitrogens with one attached hydrogen (secondary N) is 2. The topological polar surface area (TPSA) is 142 Å². The number of benzene rings is 1. The molecule has 2 heterocycles. The molecular formula is C14H10FN5O4S. The average molecular weight is 363 g/mol. The highest BCUT2D eigenvalue weighted by atomic mass is 32.2. The molecule has 0 fully saturated rings. The zero-order valence-corrected chi connectivity index (χ0v) is 13.2. The third-order valence-electron chi connectivity index (χ3n) is 3.15. The van der Waals surface area contributed by atoms with Crippen molar-refractivity contribution in [2.45, 2.75) is 9.92 Å². The van der Waals surface area contributed by atoms with Crippen molar-refractivity contribution in [2.75, 3.05) is 0 Å². The molecule has 11 heteroatoms. The fourth-order valence-electron chi connectivity index (χ4n) is 1.90. The Labute approximate surface area is 140 Å². The number of hydrogen-bond donors (Lipinski definition) is 3. The minimum atomic E-state index is -3.98. The first-order valence-electron chi connectivity index (χ1n) is 6.75. The van der Waals surface area contributed by atoms with Crippen LogP contribution < -0.4 is 0 Å². The van der Waals surface area contributed by atoms with Crippen molar-refractivity contribution in [1.29, 1.82) is 0 Å². The first-order chi connectivity index (χ1) is 11.9. The lowest BCUT2D eigenvalue weighted by Gasteiger charge is -2.00. The molecule has 3 N–H and O–H groups in total. The summed E-state index contributed by atoms with van der Waals surface area (Å²) in [5.74, 6) is -1.89. The number of nitrogens with zero attached hydrogens (tertiary/aromatic N) is 3. The Bertz CT molecular complexity index is 1040. The van der Waals surface area contributed by atoms with Crippen molar-refractivity contribution in [2.24, 2.45) is 0 Å². The van der Waals surface area contributed by atoms with Crippen LogP contribution in [0.2, 0.25) is 0 Å². The Morgan fingerprint density at radius 3 is 2.56 bits per heavy atom. The number of rotatable bonds is 5. The number of halogens is 1.